The Balaban J connectivity index is 1.78. The van der Waals surface area contributed by atoms with E-state index in [1.807, 2.05) is 11.8 Å². The Kier molecular flexibility index (Phi) is 5.57. The first-order valence-corrected chi connectivity index (χ1v) is 8.17. The van der Waals surface area contributed by atoms with Crippen LogP contribution in [0.5, 0.6) is 0 Å². The van der Waals surface area contributed by atoms with Crippen molar-refractivity contribution in [1.82, 2.24) is 9.78 Å². The summed E-state index contributed by atoms with van der Waals surface area (Å²) in [5.41, 5.74) is 1.18. The maximum Gasteiger partial charge on any atom is 0.0723 e. The highest BCUT2D eigenvalue weighted by atomic mass is 32.2. The number of hydrogen-bond acceptors (Lipinski definition) is 3. The Labute approximate surface area is 114 Å². The summed E-state index contributed by atoms with van der Waals surface area (Å²) in [6.45, 7) is 2.36. The van der Waals surface area contributed by atoms with Crippen LogP contribution in [0.3, 0.4) is 0 Å². The maximum atomic E-state index is 8.97. The largest absolute Gasteiger partial charge is 0.396 e. The molecule has 4 heteroatoms. The van der Waals surface area contributed by atoms with Crippen molar-refractivity contribution in [2.24, 2.45) is 5.92 Å². The van der Waals surface area contributed by atoms with Crippen LogP contribution in [0.1, 0.15) is 50.8 Å². The minimum Gasteiger partial charge on any atom is -0.396 e. The van der Waals surface area contributed by atoms with Crippen LogP contribution in [0, 0.1) is 5.92 Å². The van der Waals surface area contributed by atoms with E-state index in [2.05, 4.69) is 29.0 Å². The van der Waals surface area contributed by atoms with Gasteiger partial charge >= 0.3 is 0 Å². The van der Waals surface area contributed by atoms with Gasteiger partial charge in [-0.1, -0.05) is 26.2 Å². The van der Waals surface area contributed by atoms with Crippen molar-refractivity contribution in [2.45, 2.75) is 50.8 Å². The minimum atomic E-state index is 0.281. The lowest BCUT2D eigenvalue weighted by molar-refractivity contribution is 0.250. The molecule has 0 radical (unpaired) electrons. The Hall–Kier alpha value is -0.480. The smallest absolute Gasteiger partial charge is 0.0723 e. The second-order valence-electron chi connectivity index (χ2n) is 5.38. The third-order valence-corrected chi connectivity index (χ3v) is 4.88. The summed E-state index contributed by atoms with van der Waals surface area (Å²) in [6, 6.07) is 2.78. The lowest BCUT2D eigenvalue weighted by atomic mass is 9.96. The van der Waals surface area contributed by atoms with Gasteiger partial charge in [-0.15, -0.1) is 0 Å². The predicted octanol–water partition coefficient (Wildman–Crippen LogP) is 3.25. The van der Waals surface area contributed by atoms with Crippen LogP contribution >= 0.6 is 11.8 Å². The van der Waals surface area contributed by atoms with Crippen molar-refractivity contribution >= 4 is 11.8 Å². The average Bonchev–Trinajstić information content (AvgIpc) is 2.88. The molecule has 1 unspecified atom stereocenters. The van der Waals surface area contributed by atoms with E-state index in [4.69, 9.17) is 5.11 Å². The number of aliphatic hydroxyl groups is 1. The molecule has 0 aliphatic heterocycles. The van der Waals surface area contributed by atoms with Crippen molar-refractivity contribution in [1.29, 1.82) is 0 Å². The van der Waals surface area contributed by atoms with E-state index in [-0.39, 0.29) is 6.61 Å². The fourth-order valence-electron chi connectivity index (χ4n) is 2.42. The number of aromatic nitrogens is 2. The highest BCUT2D eigenvalue weighted by Crippen LogP contribution is 2.27. The lowest BCUT2D eigenvalue weighted by Gasteiger charge is -2.21. The summed E-state index contributed by atoms with van der Waals surface area (Å²) >= 11 is 1.86. The summed E-state index contributed by atoms with van der Waals surface area (Å²) < 4.78 is 2.17. The Bertz CT molecular complexity index is 347. The topological polar surface area (TPSA) is 38.0 Å². The summed E-state index contributed by atoms with van der Waals surface area (Å²) in [7, 11) is 0. The van der Waals surface area contributed by atoms with Gasteiger partial charge in [0.05, 0.1) is 11.7 Å². The molecule has 1 fully saturated rings. The molecule has 1 aromatic rings. The van der Waals surface area contributed by atoms with Crippen molar-refractivity contribution in [3.63, 3.8) is 0 Å². The second-order valence-corrected chi connectivity index (χ2v) is 6.41. The summed E-state index contributed by atoms with van der Waals surface area (Å²) in [6.07, 6.45) is 8.80. The molecule has 1 aliphatic carbocycles. The van der Waals surface area contributed by atoms with Gasteiger partial charge in [0, 0.05) is 18.6 Å². The zero-order valence-corrected chi connectivity index (χ0v) is 12.0. The number of nitrogens with zero attached hydrogens (tertiary/aromatic N) is 2. The summed E-state index contributed by atoms with van der Waals surface area (Å²) in [5.74, 6) is 2.35. The number of aliphatic hydroxyl groups excluding tert-OH is 1. The van der Waals surface area contributed by atoms with E-state index in [9.17, 15) is 0 Å². The van der Waals surface area contributed by atoms with Crippen LogP contribution in [-0.4, -0.2) is 27.2 Å². The molecule has 18 heavy (non-hydrogen) atoms. The molecule has 3 nitrogen and oxygen atoms in total. The molecule has 0 amide bonds. The molecule has 1 heterocycles. The van der Waals surface area contributed by atoms with Crippen LogP contribution in [0.4, 0.5) is 0 Å². The molecule has 1 saturated carbocycles. The molecular formula is C14H24N2OS. The fourth-order valence-corrected chi connectivity index (χ4v) is 3.41. The standard InChI is InChI=1S/C14H24N2OS/c1-12(9-17)10-18-11-13-7-8-16(15-13)14-5-3-2-4-6-14/h7-8,12,14,17H,2-6,9-11H2,1H3. The molecule has 1 atom stereocenters. The lowest BCUT2D eigenvalue weighted by Crippen LogP contribution is -2.13. The van der Waals surface area contributed by atoms with Crippen LogP contribution in [-0.2, 0) is 5.75 Å². The van der Waals surface area contributed by atoms with Gasteiger partial charge in [-0.25, -0.2) is 0 Å². The highest BCUT2D eigenvalue weighted by Gasteiger charge is 2.15. The van der Waals surface area contributed by atoms with E-state index >= 15 is 0 Å². The molecule has 0 spiro atoms. The molecule has 0 aromatic carbocycles. The van der Waals surface area contributed by atoms with Gasteiger partial charge in [-0.3, -0.25) is 4.68 Å². The second kappa shape index (κ2) is 7.19. The van der Waals surface area contributed by atoms with E-state index in [0.717, 1.165) is 11.5 Å². The molecule has 1 N–H and O–H groups in total. The summed E-state index contributed by atoms with van der Waals surface area (Å²) in [4.78, 5) is 0. The first kappa shape index (κ1) is 13.9. The molecular weight excluding hydrogens is 244 g/mol. The van der Waals surface area contributed by atoms with Gasteiger partial charge in [0.1, 0.15) is 0 Å². The highest BCUT2D eigenvalue weighted by molar-refractivity contribution is 7.98. The fraction of sp³-hybridized carbons (Fsp3) is 0.786. The van der Waals surface area contributed by atoms with Gasteiger partial charge in [0.25, 0.3) is 0 Å². The van der Waals surface area contributed by atoms with Gasteiger partial charge in [0.2, 0.25) is 0 Å². The zero-order valence-electron chi connectivity index (χ0n) is 11.2. The normalized spacial score (nSPS) is 19.0. The Morgan fingerprint density at radius 2 is 2.22 bits per heavy atom. The quantitative estimate of drug-likeness (QED) is 0.860. The first-order valence-electron chi connectivity index (χ1n) is 7.02. The maximum absolute atomic E-state index is 8.97. The Morgan fingerprint density at radius 1 is 1.44 bits per heavy atom. The van der Waals surface area contributed by atoms with Crippen molar-refractivity contribution in [3.8, 4) is 0 Å². The molecule has 0 bridgehead atoms. The first-order chi connectivity index (χ1) is 8.79. The molecule has 1 aromatic heterocycles. The molecule has 0 saturated heterocycles. The van der Waals surface area contributed by atoms with E-state index in [0.29, 0.717) is 12.0 Å². The SMILES string of the molecule is CC(CO)CSCc1ccn(C2CCCCC2)n1. The van der Waals surface area contributed by atoms with Gasteiger partial charge in [-0.2, -0.15) is 16.9 Å². The van der Waals surface area contributed by atoms with Crippen LogP contribution in [0.15, 0.2) is 12.3 Å². The predicted molar refractivity (Wildman–Crippen MR) is 76.8 cm³/mol. The zero-order chi connectivity index (χ0) is 12.8. The number of hydrogen-bond donors (Lipinski definition) is 1. The van der Waals surface area contributed by atoms with E-state index in [1.54, 1.807) is 0 Å². The van der Waals surface area contributed by atoms with Crippen LogP contribution in [0.2, 0.25) is 0 Å². The third kappa shape index (κ3) is 4.02. The molecule has 1 aliphatic rings. The minimum absolute atomic E-state index is 0.281. The summed E-state index contributed by atoms with van der Waals surface area (Å²) in [5, 5.41) is 13.7. The van der Waals surface area contributed by atoms with Crippen LogP contribution < -0.4 is 0 Å². The van der Waals surface area contributed by atoms with Crippen molar-refractivity contribution < 1.29 is 5.11 Å². The van der Waals surface area contributed by atoms with Crippen LogP contribution in [0.25, 0.3) is 0 Å². The van der Waals surface area contributed by atoms with Crippen molar-refractivity contribution in [2.75, 3.05) is 12.4 Å². The van der Waals surface area contributed by atoms with Gasteiger partial charge in [0.15, 0.2) is 0 Å². The number of thioether (sulfide) groups is 1. The average molecular weight is 268 g/mol. The van der Waals surface area contributed by atoms with E-state index in [1.165, 1.54) is 37.8 Å². The molecule has 102 valence electrons. The van der Waals surface area contributed by atoms with Gasteiger partial charge < -0.3 is 5.11 Å². The number of rotatable bonds is 6. The van der Waals surface area contributed by atoms with Crippen molar-refractivity contribution in [3.05, 3.63) is 18.0 Å². The van der Waals surface area contributed by atoms with E-state index < -0.39 is 0 Å². The monoisotopic (exact) mass is 268 g/mol. The third-order valence-electron chi connectivity index (χ3n) is 3.58. The Morgan fingerprint density at radius 3 is 2.94 bits per heavy atom. The molecule has 2 rings (SSSR count). The van der Waals surface area contributed by atoms with Gasteiger partial charge in [-0.05, 0) is 30.6 Å².